The molecule has 0 fully saturated rings. The van der Waals surface area contributed by atoms with Gasteiger partial charge in [-0.2, -0.15) is 0 Å². The van der Waals surface area contributed by atoms with Crippen LogP contribution in [0.3, 0.4) is 0 Å². The summed E-state index contributed by atoms with van der Waals surface area (Å²) in [4.78, 5) is 36.3. The number of hydrogen-bond donors (Lipinski definition) is 3. The van der Waals surface area contributed by atoms with Crippen LogP contribution in [0.5, 0.6) is 23.0 Å². The molecular weight excluding hydrogens is 398 g/mol. The van der Waals surface area contributed by atoms with Crippen molar-refractivity contribution in [2.24, 2.45) is 0 Å². The molecular formula is C20H23NO9. The number of carboxylic acid groups (broad SMARTS) is 1. The summed E-state index contributed by atoms with van der Waals surface area (Å²) in [6.45, 7) is 0.862. The van der Waals surface area contributed by atoms with Crippen LogP contribution in [0.15, 0.2) is 23.0 Å². The predicted octanol–water partition coefficient (Wildman–Crippen LogP) is 1.36. The van der Waals surface area contributed by atoms with E-state index in [4.69, 9.17) is 19.3 Å². The summed E-state index contributed by atoms with van der Waals surface area (Å²) in [5, 5.41) is 29.8. The van der Waals surface area contributed by atoms with Gasteiger partial charge in [0.05, 0.1) is 33.3 Å². The topological polar surface area (TPSA) is 145 Å². The summed E-state index contributed by atoms with van der Waals surface area (Å²) in [5.41, 5.74) is -0.414. The minimum absolute atomic E-state index is 0.0247. The first kappa shape index (κ1) is 22.6. The van der Waals surface area contributed by atoms with Gasteiger partial charge in [0.2, 0.25) is 5.75 Å². The van der Waals surface area contributed by atoms with Gasteiger partial charge in [0, 0.05) is 11.6 Å². The van der Waals surface area contributed by atoms with Crippen molar-refractivity contribution >= 4 is 11.9 Å². The Hall–Kier alpha value is -3.69. The average molecular weight is 421 g/mol. The van der Waals surface area contributed by atoms with Crippen molar-refractivity contribution in [1.29, 1.82) is 0 Å². The number of benzene rings is 1. The molecule has 0 spiro atoms. The molecule has 10 nitrogen and oxygen atoms in total. The zero-order valence-electron chi connectivity index (χ0n) is 17.0. The van der Waals surface area contributed by atoms with Crippen LogP contribution in [0.2, 0.25) is 0 Å². The van der Waals surface area contributed by atoms with E-state index < -0.39 is 35.7 Å². The van der Waals surface area contributed by atoms with E-state index >= 15 is 0 Å². The molecule has 0 radical (unpaired) electrons. The number of aryl methyl sites for hydroxylation is 1. The minimum Gasteiger partial charge on any atom is -0.507 e. The summed E-state index contributed by atoms with van der Waals surface area (Å²) >= 11 is 0. The van der Waals surface area contributed by atoms with E-state index in [-0.39, 0.29) is 34.9 Å². The number of carbonyl (C=O) groups is 2. The van der Waals surface area contributed by atoms with Gasteiger partial charge in [0.15, 0.2) is 11.5 Å². The Balaban J connectivity index is 2.81. The Kier molecular flexibility index (Phi) is 6.93. The van der Waals surface area contributed by atoms with Crippen LogP contribution >= 0.6 is 0 Å². The summed E-state index contributed by atoms with van der Waals surface area (Å²) in [6.07, 6.45) is -0.341. The van der Waals surface area contributed by atoms with Gasteiger partial charge in [-0.15, -0.1) is 0 Å². The number of carboxylic acids is 1. The number of aromatic hydroxyl groups is 2. The third-order valence-corrected chi connectivity index (χ3v) is 4.67. The first-order chi connectivity index (χ1) is 14.1. The molecule has 0 bridgehead atoms. The maximum atomic E-state index is 13.1. The molecule has 0 aliphatic rings. The largest absolute Gasteiger partial charge is 0.507 e. The highest BCUT2D eigenvalue weighted by atomic mass is 16.5. The number of hydrogen-bond acceptors (Lipinski definition) is 8. The number of methoxy groups -OCH3 is 3. The number of nitrogens with zero attached hydrogens (tertiary/aromatic N) is 1. The highest BCUT2D eigenvalue weighted by Crippen LogP contribution is 2.42. The van der Waals surface area contributed by atoms with Crippen LogP contribution in [0, 0.1) is 6.92 Å². The molecule has 0 saturated heterocycles. The molecule has 0 unspecified atom stereocenters. The number of aromatic nitrogens is 1. The first-order valence-electron chi connectivity index (χ1n) is 8.81. The van der Waals surface area contributed by atoms with Gasteiger partial charge < -0.3 is 34.1 Å². The number of esters is 1. The minimum atomic E-state index is -1.24. The lowest BCUT2D eigenvalue weighted by Crippen LogP contribution is -2.31. The number of phenolic OH excluding ortho intramolecular Hbond substituents is 1. The van der Waals surface area contributed by atoms with Gasteiger partial charge in [-0.05, 0) is 30.7 Å². The Morgan fingerprint density at radius 2 is 1.63 bits per heavy atom. The van der Waals surface area contributed by atoms with Crippen LogP contribution in [-0.4, -0.2) is 53.2 Å². The average Bonchev–Trinajstić information content (AvgIpc) is 2.70. The Bertz CT molecular complexity index is 1000. The molecule has 0 aliphatic heterocycles. The second-order valence-electron chi connectivity index (χ2n) is 6.48. The fourth-order valence-corrected chi connectivity index (χ4v) is 3.18. The maximum Gasteiger partial charge on any atom is 0.323 e. The standard InChI is InChI=1S/C20H23NO9/c1-10-5-13(22)18(20(27)21(10)9-16(23)24)12(8-17(25)30-4)11-6-14(28-2)19(26)15(7-11)29-3/h5-7,12,22,26H,8-9H2,1-4H3,(H,23,24)/t12-/m1/s1. The van der Waals surface area contributed by atoms with Gasteiger partial charge in [0.25, 0.3) is 5.56 Å². The Morgan fingerprint density at radius 1 is 1.07 bits per heavy atom. The van der Waals surface area contributed by atoms with E-state index in [0.717, 1.165) is 4.57 Å². The maximum absolute atomic E-state index is 13.1. The third kappa shape index (κ3) is 4.48. The molecule has 30 heavy (non-hydrogen) atoms. The van der Waals surface area contributed by atoms with Crippen LogP contribution in [-0.2, 0) is 20.9 Å². The molecule has 3 N–H and O–H groups in total. The summed E-state index contributed by atoms with van der Waals surface area (Å²) in [5.74, 6) is -3.58. The van der Waals surface area contributed by atoms with Crippen LogP contribution in [0.4, 0.5) is 0 Å². The number of rotatable bonds is 8. The van der Waals surface area contributed by atoms with Crippen LogP contribution in [0.1, 0.15) is 29.2 Å². The van der Waals surface area contributed by atoms with Gasteiger partial charge in [-0.25, -0.2) is 0 Å². The van der Waals surface area contributed by atoms with E-state index in [0.29, 0.717) is 5.56 Å². The van der Waals surface area contributed by atoms with Gasteiger partial charge in [-0.1, -0.05) is 0 Å². The van der Waals surface area contributed by atoms with Gasteiger partial charge in [-0.3, -0.25) is 14.4 Å². The summed E-state index contributed by atoms with van der Waals surface area (Å²) < 4.78 is 16.0. The van der Waals surface area contributed by atoms with Crippen LogP contribution < -0.4 is 15.0 Å². The molecule has 10 heteroatoms. The van der Waals surface area contributed by atoms with Crippen molar-refractivity contribution in [2.75, 3.05) is 21.3 Å². The number of aliphatic carboxylic acids is 1. The lowest BCUT2D eigenvalue weighted by molar-refractivity contribution is -0.141. The van der Waals surface area contributed by atoms with E-state index in [2.05, 4.69) is 0 Å². The molecule has 1 heterocycles. The monoisotopic (exact) mass is 421 g/mol. The molecule has 0 aliphatic carbocycles. The van der Waals surface area contributed by atoms with Crippen molar-refractivity contribution in [3.63, 3.8) is 0 Å². The van der Waals surface area contributed by atoms with Crippen molar-refractivity contribution in [3.05, 3.63) is 45.4 Å². The molecule has 0 saturated carbocycles. The smallest absolute Gasteiger partial charge is 0.323 e. The van der Waals surface area contributed by atoms with Crippen molar-refractivity contribution < 1.29 is 39.1 Å². The quantitative estimate of drug-likeness (QED) is 0.538. The fourth-order valence-electron chi connectivity index (χ4n) is 3.18. The van der Waals surface area contributed by atoms with Gasteiger partial charge in [0.1, 0.15) is 12.3 Å². The molecule has 2 aromatic rings. The normalized spacial score (nSPS) is 11.6. The lowest BCUT2D eigenvalue weighted by Gasteiger charge is -2.21. The van der Waals surface area contributed by atoms with Crippen molar-refractivity contribution in [2.45, 2.75) is 25.8 Å². The summed E-state index contributed by atoms with van der Waals surface area (Å²) in [7, 11) is 3.81. The van der Waals surface area contributed by atoms with Crippen molar-refractivity contribution in [3.8, 4) is 23.0 Å². The molecule has 1 atom stereocenters. The molecule has 2 rings (SSSR count). The first-order valence-corrected chi connectivity index (χ1v) is 8.81. The molecule has 1 aromatic carbocycles. The Labute approximate surface area is 171 Å². The number of pyridine rings is 1. The fraction of sp³-hybridized carbons (Fsp3) is 0.350. The zero-order chi connectivity index (χ0) is 22.6. The van der Waals surface area contributed by atoms with E-state index in [1.54, 1.807) is 0 Å². The summed E-state index contributed by atoms with van der Waals surface area (Å²) in [6, 6.07) is 4.04. The second-order valence-corrected chi connectivity index (χ2v) is 6.48. The van der Waals surface area contributed by atoms with E-state index in [9.17, 15) is 24.6 Å². The lowest BCUT2D eigenvalue weighted by atomic mass is 9.87. The highest BCUT2D eigenvalue weighted by molar-refractivity contribution is 5.72. The number of ether oxygens (including phenoxy) is 3. The molecule has 162 valence electrons. The second kappa shape index (κ2) is 9.21. The number of phenols is 1. The molecule has 1 aromatic heterocycles. The van der Waals surface area contributed by atoms with Gasteiger partial charge >= 0.3 is 11.9 Å². The third-order valence-electron chi connectivity index (χ3n) is 4.67. The van der Waals surface area contributed by atoms with Crippen LogP contribution in [0.25, 0.3) is 0 Å². The van der Waals surface area contributed by atoms with E-state index in [1.165, 1.54) is 46.5 Å². The highest BCUT2D eigenvalue weighted by Gasteiger charge is 2.29. The van der Waals surface area contributed by atoms with Crippen molar-refractivity contribution in [1.82, 2.24) is 4.57 Å². The van der Waals surface area contributed by atoms with E-state index in [1.807, 2.05) is 0 Å². The zero-order valence-corrected chi connectivity index (χ0v) is 17.0. The molecule has 0 amide bonds. The Morgan fingerprint density at radius 3 is 2.10 bits per heavy atom. The SMILES string of the molecule is COC(=O)C[C@H](c1cc(OC)c(O)c(OC)c1)c1c(O)cc(C)n(CC(=O)O)c1=O. The number of carbonyl (C=O) groups excluding carboxylic acids is 1. The predicted molar refractivity (Wildman–Crippen MR) is 104 cm³/mol.